The predicted octanol–water partition coefficient (Wildman–Crippen LogP) is 1.13. The van der Waals surface area contributed by atoms with Gasteiger partial charge < -0.3 is 29.5 Å². The molecule has 2 heterocycles. The molecule has 0 unspecified atom stereocenters. The van der Waals surface area contributed by atoms with Crippen molar-refractivity contribution in [2.75, 3.05) is 0 Å². The lowest BCUT2D eigenvalue weighted by Gasteiger charge is -2.45. The number of rotatable bonds is 0. The molecule has 0 radical (unpaired) electrons. The van der Waals surface area contributed by atoms with E-state index in [2.05, 4.69) is 0 Å². The number of carbonyl (C=O) groups is 1. The first-order chi connectivity index (χ1) is 13.0. The number of hydrogen-bond acceptors (Lipinski definition) is 7. The number of epoxide rings is 1. The van der Waals surface area contributed by atoms with Crippen molar-refractivity contribution >= 4 is 16.6 Å². The molecule has 0 aromatic heterocycles. The van der Waals surface area contributed by atoms with E-state index in [9.17, 15) is 20.1 Å². The number of ether oxygens (including phenoxy) is 3. The zero-order valence-electron chi connectivity index (χ0n) is 13.8. The molecular weight excluding hydrogens is 352 g/mol. The molecule has 7 heteroatoms. The molecule has 2 aliphatic heterocycles. The third-order valence-electron chi connectivity index (χ3n) is 5.91. The Morgan fingerprint density at radius 2 is 1.56 bits per heavy atom. The fourth-order valence-electron chi connectivity index (χ4n) is 4.70. The summed E-state index contributed by atoms with van der Waals surface area (Å²) in [6.45, 7) is 0. The predicted molar refractivity (Wildman–Crippen MR) is 91.4 cm³/mol. The Balaban J connectivity index is 1.64. The van der Waals surface area contributed by atoms with E-state index in [-0.39, 0.29) is 0 Å². The Labute approximate surface area is 152 Å². The van der Waals surface area contributed by atoms with Crippen molar-refractivity contribution in [3.63, 3.8) is 0 Å². The number of hydrogen-bond donors (Lipinski definition) is 3. The largest absolute Gasteiger partial charge is 0.504 e. The van der Waals surface area contributed by atoms with Gasteiger partial charge in [0.15, 0.2) is 5.76 Å². The van der Waals surface area contributed by atoms with E-state index in [1.54, 1.807) is 12.1 Å². The van der Waals surface area contributed by atoms with Crippen LogP contribution in [0.15, 0.2) is 60.4 Å². The maximum atomic E-state index is 12.7. The molecule has 4 aliphatic rings. The summed E-state index contributed by atoms with van der Waals surface area (Å²) < 4.78 is 18.0. The molecular formula is C20H14O7. The first kappa shape index (κ1) is 15.2. The van der Waals surface area contributed by atoms with Gasteiger partial charge >= 0.3 is 5.79 Å². The SMILES string of the molecule is O=C1C(O)=CC2(Oc3cccc4cccc(c34)O2)[C@@]23O[C@@]12[C@@H](O)C=C[C@H]3O. The molecule has 27 heavy (non-hydrogen) atoms. The molecule has 1 saturated heterocycles. The second-order valence-electron chi connectivity index (χ2n) is 7.19. The molecule has 2 aromatic rings. The van der Waals surface area contributed by atoms with Crippen molar-refractivity contribution in [3.8, 4) is 11.5 Å². The first-order valence-corrected chi connectivity index (χ1v) is 8.56. The molecule has 4 atom stereocenters. The van der Waals surface area contributed by atoms with Gasteiger partial charge in [0, 0.05) is 6.08 Å². The molecule has 2 aliphatic carbocycles. The number of benzene rings is 2. The van der Waals surface area contributed by atoms with Crippen molar-refractivity contribution in [2.24, 2.45) is 0 Å². The lowest BCUT2D eigenvalue weighted by atomic mass is 9.68. The first-order valence-electron chi connectivity index (χ1n) is 8.56. The topological polar surface area (TPSA) is 109 Å². The second kappa shape index (κ2) is 4.33. The Bertz CT molecular complexity index is 1060. The van der Waals surface area contributed by atoms with Crippen LogP contribution in [0, 0.1) is 0 Å². The molecule has 136 valence electrons. The quantitative estimate of drug-likeness (QED) is 0.474. The van der Waals surface area contributed by atoms with E-state index in [4.69, 9.17) is 14.2 Å². The molecule has 0 saturated carbocycles. The molecule has 3 N–H and O–H groups in total. The minimum Gasteiger partial charge on any atom is -0.504 e. The van der Waals surface area contributed by atoms with Crippen molar-refractivity contribution in [1.29, 1.82) is 0 Å². The monoisotopic (exact) mass is 366 g/mol. The van der Waals surface area contributed by atoms with Crippen LogP contribution in [0.1, 0.15) is 0 Å². The Morgan fingerprint density at radius 1 is 0.926 bits per heavy atom. The van der Waals surface area contributed by atoms with Gasteiger partial charge in [0.05, 0.1) is 5.39 Å². The van der Waals surface area contributed by atoms with Crippen LogP contribution in [0.25, 0.3) is 10.8 Å². The van der Waals surface area contributed by atoms with Gasteiger partial charge in [0.1, 0.15) is 23.7 Å². The van der Waals surface area contributed by atoms with Crippen LogP contribution in [-0.4, -0.2) is 50.3 Å². The van der Waals surface area contributed by atoms with Crippen LogP contribution < -0.4 is 9.47 Å². The van der Waals surface area contributed by atoms with Gasteiger partial charge in [0.2, 0.25) is 17.0 Å². The van der Waals surface area contributed by atoms with Gasteiger partial charge in [-0.3, -0.25) is 4.79 Å². The maximum Gasteiger partial charge on any atom is 0.310 e. The minimum atomic E-state index is -1.86. The van der Waals surface area contributed by atoms with Gasteiger partial charge in [0.25, 0.3) is 0 Å². The summed E-state index contributed by atoms with van der Waals surface area (Å²) in [7, 11) is 0. The Hall–Kier alpha value is -2.87. The Morgan fingerprint density at radius 3 is 2.22 bits per heavy atom. The summed E-state index contributed by atoms with van der Waals surface area (Å²) in [6.07, 6.45) is 1.08. The molecule has 0 bridgehead atoms. The zero-order valence-corrected chi connectivity index (χ0v) is 13.8. The zero-order chi connectivity index (χ0) is 18.6. The van der Waals surface area contributed by atoms with Crippen molar-refractivity contribution in [2.45, 2.75) is 29.2 Å². The Kier molecular flexibility index (Phi) is 2.44. The average Bonchev–Trinajstić information content (AvgIpc) is 3.39. The van der Waals surface area contributed by atoms with E-state index in [1.165, 1.54) is 12.2 Å². The van der Waals surface area contributed by atoms with Crippen molar-refractivity contribution in [1.82, 2.24) is 0 Å². The van der Waals surface area contributed by atoms with Gasteiger partial charge in [-0.15, -0.1) is 0 Å². The van der Waals surface area contributed by atoms with Gasteiger partial charge in [-0.25, -0.2) is 0 Å². The average molecular weight is 366 g/mol. The van der Waals surface area contributed by atoms with Crippen LogP contribution in [0.5, 0.6) is 11.5 Å². The summed E-state index contributed by atoms with van der Waals surface area (Å²) in [5.41, 5.74) is -3.58. The van der Waals surface area contributed by atoms with Crippen molar-refractivity contribution < 1.29 is 34.3 Å². The molecule has 7 nitrogen and oxygen atoms in total. The molecule has 2 aromatic carbocycles. The fraction of sp³-hybridized carbons (Fsp3) is 0.250. The summed E-state index contributed by atoms with van der Waals surface area (Å²) >= 11 is 0. The van der Waals surface area contributed by atoms with Gasteiger partial charge in [-0.1, -0.05) is 36.4 Å². The molecule has 0 amide bonds. The van der Waals surface area contributed by atoms with Crippen LogP contribution in [-0.2, 0) is 9.53 Å². The van der Waals surface area contributed by atoms with Gasteiger partial charge in [-0.05, 0) is 17.5 Å². The smallest absolute Gasteiger partial charge is 0.310 e. The molecule has 1 spiro atoms. The van der Waals surface area contributed by atoms with E-state index >= 15 is 0 Å². The number of carbonyl (C=O) groups excluding carboxylic acids is 1. The van der Waals surface area contributed by atoms with E-state index in [0.29, 0.717) is 11.5 Å². The van der Waals surface area contributed by atoms with E-state index in [0.717, 1.165) is 16.8 Å². The number of ketones is 1. The standard InChI is InChI=1S/C20H14O7/c21-11-9-18(20-15(23)8-7-14(22)19(20,27-20)17(11)24)25-12-5-1-3-10-4-2-6-13(26-18)16(10)12/h1-9,14-15,21-23H/t14-,15+,19-,20+/m0/s1. The lowest BCUT2D eigenvalue weighted by Crippen LogP contribution is -2.69. The number of Topliss-reactive ketones (excluding diaryl/α,β-unsaturated/α-hetero) is 1. The normalized spacial score (nSPS) is 37.1. The highest BCUT2D eigenvalue weighted by Gasteiger charge is 2.93. The van der Waals surface area contributed by atoms with E-state index < -0.39 is 40.7 Å². The molecule has 6 rings (SSSR count). The summed E-state index contributed by atoms with van der Waals surface area (Å²) in [4.78, 5) is 12.7. The number of aliphatic hydroxyl groups is 3. The van der Waals surface area contributed by atoms with Crippen LogP contribution in [0.4, 0.5) is 0 Å². The van der Waals surface area contributed by atoms with Crippen molar-refractivity contribution in [3.05, 3.63) is 60.4 Å². The summed E-state index contributed by atoms with van der Waals surface area (Å²) in [5.74, 6) is -2.35. The summed E-state index contributed by atoms with van der Waals surface area (Å²) in [5, 5.41) is 33.2. The van der Waals surface area contributed by atoms with Gasteiger partial charge in [-0.2, -0.15) is 0 Å². The second-order valence-corrected chi connectivity index (χ2v) is 7.19. The molecule has 1 fully saturated rings. The maximum absolute atomic E-state index is 12.7. The number of aliphatic hydroxyl groups excluding tert-OH is 3. The third kappa shape index (κ3) is 1.42. The van der Waals surface area contributed by atoms with Crippen LogP contribution in [0.2, 0.25) is 0 Å². The highest BCUT2D eigenvalue weighted by Crippen LogP contribution is 2.66. The van der Waals surface area contributed by atoms with Crippen LogP contribution >= 0.6 is 0 Å². The fourth-order valence-corrected chi connectivity index (χ4v) is 4.70. The summed E-state index contributed by atoms with van der Waals surface area (Å²) in [6, 6.07) is 10.9. The minimum absolute atomic E-state index is 0.461. The third-order valence-corrected chi connectivity index (χ3v) is 5.91. The highest BCUT2D eigenvalue weighted by atomic mass is 16.8. The highest BCUT2D eigenvalue weighted by molar-refractivity contribution is 6.07. The van der Waals surface area contributed by atoms with E-state index in [1.807, 2.05) is 24.3 Å². The lowest BCUT2D eigenvalue weighted by molar-refractivity contribution is -0.164. The van der Waals surface area contributed by atoms with Crippen LogP contribution in [0.3, 0.4) is 0 Å².